The first kappa shape index (κ1) is 12.1. The van der Waals surface area contributed by atoms with E-state index in [4.69, 9.17) is 5.73 Å². The quantitative estimate of drug-likeness (QED) is 0.819. The third-order valence-corrected chi connectivity index (χ3v) is 3.81. The molecule has 15 heavy (non-hydrogen) atoms. The van der Waals surface area contributed by atoms with Gasteiger partial charge in [0.15, 0.2) is 14.9 Å². The van der Waals surface area contributed by atoms with Crippen molar-refractivity contribution in [1.29, 1.82) is 0 Å². The van der Waals surface area contributed by atoms with Crippen LogP contribution in [0.4, 0.5) is 0 Å². The molecule has 0 saturated heterocycles. The van der Waals surface area contributed by atoms with Crippen molar-refractivity contribution in [3.63, 3.8) is 0 Å². The predicted molar refractivity (Wildman–Crippen MR) is 59.1 cm³/mol. The maximum absolute atomic E-state index is 11.8. The van der Waals surface area contributed by atoms with E-state index in [1.807, 2.05) is 6.92 Å². The Kier molecular flexibility index (Phi) is 4.23. The number of nitrogens with zero attached hydrogens (tertiary/aromatic N) is 1. The van der Waals surface area contributed by atoms with Crippen molar-refractivity contribution in [3.8, 4) is 0 Å². The van der Waals surface area contributed by atoms with Crippen LogP contribution in [0.25, 0.3) is 0 Å². The molecule has 0 aliphatic carbocycles. The molecule has 0 spiro atoms. The first-order chi connectivity index (χ1) is 7.10. The molecule has 1 aromatic heterocycles. The smallest absolute Gasteiger partial charge is 0.195 e. The molecule has 84 valence electrons. The lowest BCUT2D eigenvalue weighted by molar-refractivity contribution is 0.588. The molecule has 0 unspecified atom stereocenters. The molecule has 0 aliphatic heterocycles. The second-order valence-corrected chi connectivity index (χ2v) is 5.43. The molecule has 4 nitrogen and oxygen atoms in total. The zero-order valence-corrected chi connectivity index (χ0v) is 9.63. The van der Waals surface area contributed by atoms with Crippen molar-refractivity contribution < 1.29 is 8.42 Å². The Labute approximate surface area is 90.4 Å². The van der Waals surface area contributed by atoms with E-state index < -0.39 is 9.84 Å². The summed E-state index contributed by atoms with van der Waals surface area (Å²) in [7, 11) is -3.22. The maximum Gasteiger partial charge on any atom is 0.195 e. The zero-order valence-electron chi connectivity index (χ0n) is 8.81. The average molecular weight is 228 g/mol. The molecule has 0 bridgehead atoms. The fourth-order valence-corrected chi connectivity index (χ4v) is 2.62. The summed E-state index contributed by atoms with van der Waals surface area (Å²) >= 11 is 0. The Morgan fingerprint density at radius 1 is 1.47 bits per heavy atom. The van der Waals surface area contributed by atoms with E-state index >= 15 is 0 Å². The summed E-state index contributed by atoms with van der Waals surface area (Å²) in [6.45, 7) is 2.29. The van der Waals surface area contributed by atoms with Gasteiger partial charge in [-0.2, -0.15) is 0 Å². The SMILES string of the molecule is CCCCS(=O)(=O)c1cc(CN)ccn1. The summed E-state index contributed by atoms with van der Waals surface area (Å²) in [6.07, 6.45) is 3.01. The largest absolute Gasteiger partial charge is 0.326 e. The van der Waals surface area contributed by atoms with Crippen LogP contribution in [0.5, 0.6) is 0 Å². The summed E-state index contributed by atoms with van der Waals surface area (Å²) in [4.78, 5) is 3.87. The van der Waals surface area contributed by atoms with Gasteiger partial charge in [0.25, 0.3) is 0 Å². The Morgan fingerprint density at radius 2 is 2.20 bits per heavy atom. The van der Waals surface area contributed by atoms with E-state index in [9.17, 15) is 8.42 Å². The highest BCUT2D eigenvalue weighted by molar-refractivity contribution is 7.91. The van der Waals surface area contributed by atoms with Crippen LogP contribution in [-0.4, -0.2) is 19.2 Å². The molecule has 0 amide bonds. The minimum Gasteiger partial charge on any atom is -0.326 e. The van der Waals surface area contributed by atoms with Gasteiger partial charge in [-0.1, -0.05) is 13.3 Å². The molecular weight excluding hydrogens is 212 g/mol. The Balaban J connectivity index is 2.94. The van der Waals surface area contributed by atoms with Crippen LogP contribution in [0, 0.1) is 0 Å². The molecule has 1 aromatic rings. The third kappa shape index (κ3) is 3.28. The Hall–Kier alpha value is -0.940. The van der Waals surface area contributed by atoms with E-state index in [1.54, 1.807) is 12.1 Å². The van der Waals surface area contributed by atoms with E-state index in [-0.39, 0.29) is 10.8 Å². The summed E-state index contributed by atoms with van der Waals surface area (Å²) in [5.74, 6) is 0.157. The summed E-state index contributed by atoms with van der Waals surface area (Å²) in [6, 6.07) is 3.27. The molecule has 0 fully saturated rings. The van der Waals surface area contributed by atoms with Crippen molar-refractivity contribution in [2.24, 2.45) is 5.73 Å². The van der Waals surface area contributed by atoms with E-state index in [1.165, 1.54) is 6.20 Å². The fraction of sp³-hybridized carbons (Fsp3) is 0.500. The summed E-state index contributed by atoms with van der Waals surface area (Å²) in [5.41, 5.74) is 6.23. The second-order valence-electron chi connectivity index (χ2n) is 3.38. The number of rotatable bonds is 5. The van der Waals surface area contributed by atoms with Gasteiger partial charge in [-0.05, 0) is 24.1 Å². The summed E-state index contributed by atoms with van der Waals surface area (Å²) < 4.78 is 23.5. The van der Waals surface area contributed by atoms with Gasteiger partial charge in [0.05, 0.1) is 5.75 Å². The molecule has 5 heteroatoms. The topological polar surface area (TPSA) is 73.0 Å². The number of sulfone groups is 1. The molecule has 1 heterocycles. The van der Waals surface area contributed by atoms with Crippen molar-refractivity contribution in [2.75, 3.05) is 5.75 Å². The van der Waals surface area contributed by atoms with Gasteiger partial charge >= 0.3 is 0 Å². The average Bonchev–Trinajstić information content (AvgIpc) is 2.26. The molecule has 0 atom stereocenters. The van der Waals surface area contributed by atoms with Gasteiger partial charge in [0.2, 0.25) is 0 Å². The second kappa shape index (κ2) is 5.23. The minimum atomic E-state index is -3.22. The molecule has 0 aromatic carbocycles. The van der Waals surface area contributed by atoms with E-state index in [0.717, 1.165) is 12.0 Å². The standard InChI is InChI=1S/C10H16N2O2S/c1-2-3-6-15(13,14)10-7-9(8-11)4-5-12-10/h4-5,7H,2-3,6,8,11H2,1H3. The minimum absolute atomic E-state index is 0.138. The number of hydrogen-bond donors (Lipinski definition) is 1. The molecule has 0 aliphatic rings. The lowest BCUT2D eigenvalue weighted by Gasteiger charge is -2.03. The summed E-state index contributed by atoms with van der Waals surface area (Å²) in [5, 5.41) is 0.138. The van der Waals surface area contributed by atoms with Gasteiger partial charge < -0.3 is 5.73 Å². The molecular formula is C10H16N2O2S. The first-order valence-corrected chi connectivity index (χ1v) is 6.63. The van der Waals surface area contributed by atoms with Crippen LogP contribution in [0.1, 0.15) is 25.3 Å². The predicted octanol–water partition coefficient (Wildman–Crippen LogP) is 1.11. The maximum atomic E-state index is 11.8. The number of nitrogens with two attached hydrogens (primary N) is 1. The lowest BCUT2D eigenvalue weighted by Crippen LogP contribution is -2.09. The van der Waals surface area contributed by atoms with Gasteiger partial charge in [-0.15, -0.1) is 0 Å². The lowest BCUT2D eigenvalue weighted by atomic mass is 10.3. The van der Waals surface area contributed by atoms with Crippen molar-refractivity contribution >= 4 is 9.84 Å². The van der Waals surface area contributed by atoms with Crippen LogP contribution >= 0.6 is 0 Å². The highest BCUT2D eigenvalue weighted by Crippen LogP contribution is 2.11. The fourth-order valence-electron chi connectivity index (χ4n) is 1.19. The Bertz CT molecular complexity index is 415. The normalized spacial score (nSPS) is 11.6. The first-order valence-electron chi connectivity index (χ1n) is 4.98. The van der Waals surface area contributed by atoms with Crippen LogP contribution in [0.3, 0.4) is 0 Å². The highest BCUT2D eigenvalue weighted by Gasteiger charge is 2.15. The number of pyridine rings is 1. The van der Waals surface area contributed by atoms with E-state index in [2.05, 4.69) is 4.98 Å². The molecule has 0 saturated carbocycles. The van der Waals surface area contributed by atoms with Crippen LogP contribution in [0.15, 0.2) is 23.4 Å². The van der Waals surface area contributed by atoms with Crippen molar-refractivity contribution in [1.82, 2.24) is 4.98 Å². The van der Waals surface area contributed by atoms with Gasteiger partial charge in [0, 0.05) is 12.7 Å². The number of hydrogen-bond acceptors (Lipinski definition) is 4. The number of aromatic nitrogens is 1. The molecule has 1 rings (SSSR count). The van der Waals surface area contributed by atoms with Gasteiger partial charge in [-0.25, -0.2) is 13.4 Å². The Morgan fingerprint density at radius 3 is 2.80 bits per heavy atom. The van der Waals surface area contributed by atoms with Crippen LogP contribution < -0.4 is 5.73 Å². The van der Waals surface area contributed by atoms with Gasteiger partial charge in [-0.3, -0.25) is 0 Å². The monoisotopic (exact) mass is 228 g/mol. The van der Waals surface area contributed by atoms with Crippen LogP contribution in [0.2, 0.25) is 0 Å². The number of unbranched alkanes of at least 4 members (excludes halogenated alkanes) is 1. The van der Waals surface area contributed by atoms with E-state index in [0.29, 0.717) is 13.0 Å². The third-order valence-electron chi connectivity index (χ3n) is 2.12. The van der Waals surface area contributed by atoms with Crippen molar-refractivity contribution in [2.45, 2.75) is 31.3 Å². The molecule has 0 radical (unpaired) electrons. The molecule has 2 N–H and O–H groups in total. The van der Waals surface area contributed by atoms with Crippen molar-refractivity contribution in [3.05, 3.63) is 23.9 Å². The highest BCUT2D eigenvalue weighted by atomic mass is 32.2. The van der Waals surface area contributed by atoms with Gasteiger partial charge in [0.1, 0.15) is 0 Å². The van der Waals surface area contributed by atoms with Crippen LogP contribution in [-0.2, 0) is 16.4 Å². The zero-order chi connectivity index (χ0) is 11.3.